The van der Waals surface area contributed by atoms with E-state index in [0.29, 0.717) is 5.57 Å². The monoisotopic (exact) mass is 246 g/mol. The van der Waals surface area contributed by atoms with E-state index < -0.39 is 0 Å². The summed E-state index contributed by atoms with van der Waals surface area (Å²) in [6, 6.07) is 5.94. The van der Waals surface area contributed by atoms with Gasteiger partial charge in [-0.3, -0.25) is 4.79 Å². The SMILES string of the molecule is O=C/C(=C\C1C=CC=CS1)c1ccc(F)cc1. The molecule has 1 aromatic rings. The number of carbonyl (C=O) groups excluding carboxylic acids is 1. The first-order valence-electron chi connectivity index (χ1n) is 5.21. The Balaban J connectivity index is 2.23. The first kappa shape index (κ1) is 11.9. The summed E-state index contributed by atoms with van der Waals surface area (Å²) in [7, 11) is 0. The highest BCUT2D eigenvalue weighted by atomic mass is 32.2. The summed E-state index contributed by atoms with van der Waals surface area (Å²) in [5.41, 5.74) is 1.33. The molecule has 0 N–H and O–H groups in total. The summed E-state index contributed by atoms with van der Waals surface area (Å²) in [5, 5.41) is 2.14. The molecule has 1 aromatic carbocycles. The summed E-state index contributed by atoms with van der Waals surface area (Å²) in [5.74, 6) is -0.297. The van der Waals surface area contributed by atoms with E-state index >= 15 is 0 Å². The molecule has 0 fully saturated rings. The number of allylic oxidation sites excluding steroid dienone is 3. The maximum atomic E-state index is 12.8. The normalized spacial score (nSPS) is 19.4. The quantitative estimate of drug-likeness (QED) is 0.599. The lowest BCUT2D eigenvalue weighted by Gasteiger charge is -2.09. The van der Waals surface area contributed by atoms with Crippen molar-refractivity contribution in [3.8, 4) is 0 Å². The summed E-state index contributed by atoms with van der Waals surface area (Å²) in [6.45, 7) is 0. The third-order valence-corrected chi connectivity index (χ3v) is 3.30. The fourth-order valence-corrected chi connectivity index (χ4v) is 2.29. The molecule has 1 nitrogen and oxygen atoms in total. The van der Waals surface area contributed by atoms with Crippen molar-refractivity contribution in [3.63, 3.8) is 0 Å². The topological polar surface area (TPSA) is 17.1 Å². The Morgan fingerprint density at radius 1 is 1.24 bits per heavy atom. The molecular formula is C14H11FOS. The van der Waals surface area contributed by atoms with E-state index in [9.17, 15) is 9.18 Å². The number of hydrogen-bond donors (Lipinski definition) is 0. The second-order valence-electron chi connectivity index (χ2n) is 3.56. The molecule has 1 aliphatic rings. The van der Waals surface area contributed by atoms with Gasteiger partial charge in [0.1, 0.15) is 12.1 Å². The molecule has 0 aliphatic carbocycles. The van der Waals surface area contributed by atoms with Crippen LogP contribution in [0.3, 0.4) is 0 Å². The smallest absolute Gasteiger partial charge is 0.150 e. The van der Waals surface area contributed by atoms with Crippen molar-refractivity contribution in [2.45, 2.75) is 5.25 Å². The molecular weight excluding hydrogens is 235 g/mol. The molecule has 2 rings (SSSR count). The summed E-state index contributed by atoms with van der Waals surface area (Å²) in [6.07, 6.45) is 8.60. The van der Waals surface area contributed by atoms with Crippen LogP contribution in [0.4, 0.5) is 4.39 Å². The molecule has 3 heteroatoms. The molecule has 0 amide bonds. The Kier molecular flexibility index (Phi) is 3.94. The van der Waals surface area contributed by atoms with Crippen LogP contribution < -0.4 is 0 Å². The zero-order chi connectivity index (χ0) is 12.1. The van der Waals surface area contributed by atoms with E-state index in [2.05, 4.69) is 0 Å². The zero-order valence-electron chi connectivity index (χ0n) is 9.05. The highest BCUT2D eigenvalue weighted by Gasteiger charge is 2.06. The van der Waals surface area contributed by atoms with E-state index in [-0.39, 0.29) is 11.1 Å². The Morgan fingerprint density at radius 3 is 2.59 bits per heavy atom. The summed E-state index contributed by atoms with van der Waals surface area (Å²) >= 11 is 1.63. The molecule has 0 bridgehead atoms. The molecule has 86 valence electrons. The number of rotatable bonds is 3. The van der Waals surface area contributed by atoms with Gasteiger partial charge in [0.2, 0.25) is 0 Å². The summed E-state index contributed by atoms with van der Waals surface area (Å²) < 4.78 is 12.8. The molecule has 17 heavy (non-hydrogen) atoms. The van der Waals surface area contributed by atoms with Gasteiger partial charge in [0, 0.05) is 10.8 Å². The zero-order valence-corrected chi connectivity index (χ0v) is 9.86. The first-order chi connectivity index (χ1) is 8.29. The molecule has 0 aromatic heterocycles. The van der Waals surface area contributed by atoms with Crippen LogP contribution in [0.5, 0.6) is 0 Å². The first-order valence-corrected chi connectivity index (χ1v) is 6.15. The lowest BCUT2D eigenvalue weighted by Crippen LogP contribution is -1.97. The van der Waals surface area contributed by atoms with Gasteiger partial charge in [-0.15, -0.1) is 11.8 Å². The minimum atomic E-state index is -0.297. The molecule has 0 saturated heterocycles. The van der Waals surface area contributed by atoms with Crippen molar-refractivity contribution in [3.05, 3.63) is 65.4 Å². The van der Waals surface area contributed by atoms with E-state index in [0.717, 1.165) is 11.8 Å². The molecule has 0 saturated carbocycles. The van der Waals surface area contributed by atoms with Crippen LogP contribution in [-0.2, 0) is 4.79 Å². The van der Waals surface area contributed by atoms with Gasteiger partial charge in [-0.2, -0.15) is 0 Å². The van der Waals surface area contributed by atoms with Crippen molar-refractivity contribution in [1.82, 2.24) is 0 Å². The lowest BCUT2D eigenvalue weighted by atomic mass is 10.1. The highest BCUT2D eigenvalue weighted by Crippen LogP contribution is 2.23. The van der Waals surface area contributed by atoms with Crippen molar-refractivity contribution >= 4 is 23.6 Å². The minimum absolute atomic E-state index is 0.158. The van der Waals surface area contributed by atoms with Crippen molar-refractivity contribution < 1.29 is 9.18 Å². The largest absolute Gasteiger partial charge is 0.298 e. The predicted molar refractivity (Wildman–Crippen MR) is 70.1 cm³/mol. The van der Waals surface area contributed by atoms with Gasteiger partial charge in [0.05, 0.1) is 0 Å². The van der Waals surface area contributed by atoms with Crippen molar-refractivity contribution in [1.29, 1.82) is 0 Å². The van der Waals surface area contributed by atoms with Gasteiger partial charge in [0.25, 0.3) is 0 Å². The molecule has 1 atom stereocenters. The Bertz CT molecular complexity index is 485. The average molecular weight is 246 g/mol. The van der Waals surface area contributed by atoms with Crippen LogP contribution in [0.15, 0.2) is 54.0 Å². The number of hydrogen-bond acceptors (Lipinski definition) is 2. The second-order valence-corrected chi connectivity index (χ2v) is 4.65. The highest BCUT2D eigenvalue weighted by molar-refractivity contribution is 8.03. The average Bonchev–Trinajstić information content (AvgIpc) is 2.38. The van der Waals surface area contributed by atoms with E-state index in [1.165, 1.54) is 12.1 Å². The van der Waals surface area contributed by atoms with Gasteiger partial charge >= 0.3 is 0 Å². The molecule has 1 heterocycles. The lowest BCUT2D eigenvalue weighted by molar-refractivity contribution is -0.103. The summed E-state index contributed by atoms with van der Waals surface area (Å²) in [4.78, 5) is 11.1. The van der Waals surface area contributed by atoms with Gasteiger partial charge < -0.3 is 0 Å². The fourth-order valence-electron chi connectivity index (χ4n) is 1.52. The van der Waals surface area contributed by atoms with Gasteiger partial charge in [-0.1, -0.05) is 36.4 Å². The number of benzene rings is 1. The maximum absolute atomic E-state index is 12.8. The Morgan fingerprint density at radius 2 is 2.00 bits per heavy atom. The minimum Gasteiger partial charge on any atom is -0.298 e. The van der Waals surface area contributed by atoms with Crippen LogP contribution in [0, 0.1) is 5.82 Å². The van der Waals surface area contributed by atoms with Gasteiger partial charge in [-0.05, 0) is 23.1 Å². The molecule has 1 unspecified atom stereocenters. The maximum Gasteiger partial charge on any atom is 0.150 e. The molecule has 1 aliphatic heterocycles. The Labute approximate surface area is 104 Å². The van der Waals surface area contributed by atoms with Crippen LogP contribution >= 0.6 is 11.8 Å². The third kappa shape index (κ3) is 3.17. The van der Waals surface area contributed by atoms with Crippen LogP contribution in [0.1, 0.15) is 5.56 Å². The number of thioether (sulfide) groups is 1. The predicted octanol–water partition coefficient (Wildman–Crippen LogP) is 3.59. The van der Waals surface area contributed by atoms with E-state index in [4.69, 9.17) is 0 Å². The molecule has 0 radical (unpaired) electrons. The number of carbonyl (C=O) groups is 1. The number of halogens is 1. The third-order valence-electron chi connectivity index (χ3n) is 2.37. The van der Waals surface area contributed by atoms with Crippen molar-refractivity contribution in [2.75, 3.05) is 0 Å². The van der Waals surface area contributed by atoms with Crippen LogP contribution in [0.25, 0.3) is 5.57 Å². The van der Waals surface area contributed by atoms with E-state index in [1.54, 1.807) is 23.9 Å². The van der Waals surface area contributed by atoms with Gasteiger partial charge in [-0.25, -0.2) is 4.39 Å². The van der Waals surface area contributed by atoms with E-state index in [1.807, 2.05) is 29.7 Å². The van der Waals surface area contributed by atoms with Crippen molar-refractivity contribution in [2.24, 2.45) is 0 Å². The molecule has 0 spiro atoms. The van der Waals surface area contributed by atoms with Gasteiger partial charge in [0.15, 0.2) is 0 Å². The van der Waals surface area contributed by atoms with Crippen LogP contribution in [0.2, 0.25) is 0 Å². The second kappa shape index (κ2) is 5.64. The number of aldehydes is 1. The Hall–Kier alpha value is -1.61. The van der Waals surface area contributed by atoms with Crippen LogP contribution in [-0.4, -0.2) is 11.5 Å². The standard InChI is InChI=1S/C14H11FOS/c15-13-6-4-11(5-7-13)12(10-16)9-14-3-1-2-8-17-14/h1-10,14H/b12-9+. The fraction of sp³-hybridized carbons (Fsp3) is 0.0714.